The number of nitriles is 1. The minimum Gasteiger partial charge on any atom is -0.494 e. The maximum absolute atomic E-state index is 11.3. The second-order valence-electron chi connectivity index (χ2n) is 4.04. The number of hydrogen-bond acceptors (Lipinski definition) is 3. The third-order valence-corrected chi connectivity index (χ3v) is 2.65. The lowest BCUT2D eigenvalue weighted by Crippen LogP contribution is -2.09. The summed E-state index contributed by atoms with van der Waals surface area (Å²) in [5.41, 5.74) is 0.692. The molecule has 1 amide bonds. The molecule has 96 valence electrons. The molecule has 0 fully saturated rings. The Labute approximate surface area is 111 Å². The third-order valence-electron chi connectivity index (χ3n) is 2.65. The standard InChI is InChI=1S/C15H14N2O2/c1-2-19-14-6-4-11-9-13(5-3-12(11)10-14)17-15(18)7-8-16/h3-6,9-10H,2,7H2,1H3,(H,17,18). The van der Waals surface area contributed by atoms with Gasteiger partial charge < -0.3 is 10.1 Å². The van der Waals surface area contributed by atoms with Gasteiger partial charge in [0.1, 0.15) is 12.2 Å². The Morgan fingerprint density at radius 3 is 2.74 bits per heavy atom. The van der Waals surface area contributed by atoms with Crippen LogP contribution in [0.3, 0.4) is 0 Å². The smallest absolute Gasteiger partial charge is 0.238 e. The molecule has 2 rings (SSSR count). The van der Waals surface area contributed by atoms with E-state index in [0.29, 0.717) is 12.3 Å². The molecule has 0 saturated carbocycles. The molecule has 19 heavy (non-hydrogen) atoms. The molecule has 1 N–H and O–H groups in total. The van der Waals surface area contributed by atoms with Crippen molar-refractivity contribution in [3.8, 4) is 11.8 Å². The molecule has 0 spiro atoms. The van der Waals surface area contributed by atoms with Crippen molar-refractivity contribution in [2.45, 2.75) is 13.3 Å². The maximum atomic E-state index is 11.3. The number of fused-ring (bicyclic) bond motifs is 1. The number of hydrogen-bond donors (Lipinski definition) is 1. The third kappa shape index (κ3) is 3.23. The van der Waals surface area contributed by atoms with E-state index >= 15 is 0 Å². The molecule has 0 unspecified atom stereocenters. The van der Waals surface area contributed by atoms with E-state index in [4.69, 9.17) is 10.00 Å². The van der Waals surface area contributed by atoms with Crippen LogP contribution in [-0.4, -0.2) is 12.5 Å². The quantitative estimate of drug-likeness (QED) is 0.911. The zero-order valence-corrected chi connectivity index (χ0v) is 10.6. The van der Waals surface area contributed by atoms with Crippen molar-refractivity contribution in [3.05, 3.63) is 36.4 Å². The van der Waals surface area contributed by atoms with Crippen molar-refractivity contribution in [2.75, 3.05) is 11.9 Å². The second kappa shape index (κ2) is 5.87. The molecule has 0 aliphatic rings. The van der Waals surface area contributed by atoms with Crippen molar-refractivity contribution in [2.24, 2.45) is 0 Å². The Kier molecular flexibility index (Phi) is 3.99. The molecule has 0 aliphatic carbocycles. The number of carbonyl (C=O) groups is 1. The van der Waals surface area contributed by atoms with Crippen molar-refractivity contribution in [3.63, 3.8) is 0 Å². The van der Waals surface area contributed by atoms with E-state index in [1.807, 2.05) is 49.4 Å². The second-order valence-corrected chi connectivity index (χ2v) is 4.04. The highest BCUT2D eigenvalue weighted by Gasteiger charge is 2.03. The van der Waals surface area contributed by atoms with Gasteiger partial charge in [0.25, 0.3) is 0 Å². The number of amides is 1. The fraction of sp³-hybridized carbons (Fsp3) is 0.200. The number of benzene rings is 2. The lowest BCUT2D eigenvalue weighted by molar-refractivity contribution is -0.115. The fourth-order valence-electron chi connectivity index (χ4n) is 1.84. The highest BCUT2D eigenvalue weighted by molar-refractivity contribution is 5.95. The minimum atomic E-state index is -0.298. The summed E-state index contributed by atoms with van der Waals surface area (Å²) in [4.78, 5) is 11.3. The Morgan fingerprint density at radius 1 is 1.26 bits per heavy atom. The van der Waals surface area contributed by atoms with Gasteiger partial charge in [-0.15, -0.1) is 0 Å². The SMILES string of the molecule is CCOc1ccc2cc(NC(=O)CC#N)ccc2c1. The first kappa shape index (κ1) is 12.9. The zero-order valence-electron chi connectivity index (χ0n) is 10.6. The molecule has 4 heteroatoms. The Bertz CT molecular complexity index is 644. The van der Waals surface area contributed by atoms with Gasteiger partial charge in [0, 0.05) is 5.69 Å². The summed E-state index contributed by atoms with van der Waals surface area (Å²) in [6.45, 7) is 2.58. The van der Waals surface area contributed by atoms with E-state index in [1.54, 1.807) is 0 Å². The van der Waals surface area contributed by atoms with Gasteiger partial charge in [0.2, 0.25) is 5.91 Å². The number of nitrogens with zero attached hydrogens (tertiary/aromatic N) is 1. The largest absolute Gasteiger partial charge is 0.494 e. The summed E-state index contributed by atoms with van der Waals surface area (Å²) in [6, 6.07) is 13.2. The number of carbonyl (C=O) groups excluding carboxylic acids is 1. The summed E-state index contributed by atoms with van der Waals surface area (Å²) in [6.07, 6.45) is -0.138. The first-order valence-electron chi connectivity index (χ1n) is 6.06. The first-order chi connectivity index (χ1) is 9.22. The predicted octanol–water partition coefficient (Wildman–Crippen LogP) is 3.09. The van der Waals surface area contributed by atoms with Crippen LogP contribution in [0, 0.1) is 11.3 Å². The molecule has 0 bridgehead atoms. The van der Waals surface area contributed by atoms with Gasteiger partial charge in [-0.05, 0) is 42.0 Å². The van der Waals surface area contributed by atoms with Crippen LogP contribution in [0.5, 0.6) is 5.75 Å². The monoisotopic (exact) mass is 254 g/mol. The summed E-state index contributed by atoms with van der Waals surface area (Å²) >= 11 is 0. The number of anilines is 1. The zero-order chi connectivity index (χ0) is 13.7. The average molecular weight is 254 g/mol. The van der Waals surface area contributed by atoms with Gasteiger partial charge in [0.05, 0.1) is 12.7 Å². The highest BCUT2D eigenvalue weighted by atomic mass is 16.5. The normalized spacial score (nSPS) is 9.89. The first-order valence-corrected chi connectivity index (χ1v) is 6.06. The predicted molar refractivity (Wildman–Crippen MR) is 74.0 cm³/mol. The molecular weight excluding hydrogens is 240 g/mol. The highest BCUT2D eigenvalue weighted by Crippen LogP contribution is 2.24. The maximum Gasteiger partial charge on any atom is 0.238 e. The summed E-state index contributed by atoms with van der Waals surface area (Å²) in [5, 5.41) is 13.2. The van der Waals surface area contributed by atoms with Gasteiger partial charge in [-0.1, -0.05) is 12.1 Å². The van der Waals surface area contributed by atoms with E-state index in [1.165, 1.54) is 0 Å². The van der Waals surface area contributed by atoms with Crippen LogP contribution >= 0.6 is 0 Å². The minimum absolute atomic E-state index is 0.138. The topological polar surface area (TPSA) is 62.1 Å². The van der Waals surface area contributed by atoms with E-state index in [9.17, 15) is 4.79 Å². The van der Waals surface area contributed by atoms with Crippen LogP contribution in [0.2, 0.25) is 0 Å². The van der Waals surface area contributed by atoms with Crippen LogP contribution < -0.4 is 10.1 Å². The molecule has 2 aromatic carbocycles. The van der Waals surface area contributed by atoms with Gasteiger partial charge in [-0.25, -0.2) is 0 Å². The molecule has 0 radical (unpaired) electrons. The summed E-state index contributed by atoms with van der Waals surface area (Å²) in [5.74, 6) is 0.532. The Balaban J connectivity index is 2.24. The van der Waals surface area contributed by atoms with E-state index in [-0.39, 0.29) is 12.3 Å². The van der Waals surface area contributed by atoms with Crippen LogP contribution in [0.25, 0.3) is 10.8 Å². The number of rotatable bonds is 4. The Hall–Kier alpha value is -2.54. The van der Waals surface area contributed by atoms with Gasteiger partial charge in [-0.2, -0.15) is 5.26 Å². The van der Waals surface area contributed by atoms with E-state index in [0.717, 1.165) is 16.5 Å². The van der Waals surface area contributed by atoms with E-state index in [2.05, 4.69) is 5.32 Å². The van der Waals surface area contributed by atoms with Gasteiger partial charge >= 0.3 is 0 Å². The molecule has 4 nitrogen and oxygen atoms in total. The van der Waals surface area contributed by atoms with Crippen molar-refractivity contribution in [1.82, 2.24) is 0 Å². The molecule has 0 atom stereocenters. The Morgan fingerprint density at radius 2 is 2.00 bits per heavy atom. The van der Waals surface area contributed by atoms with Crippen molar-refractivity contribution < 1.29 is 9.53 Å². The lowest BCUT2D eigenvalue weighted by Gasteiger charge is -2.07. The molecule has 0 heterocycles. The lowest BCUT2D eigenvalue weighted by atomic mass is 10.1. The van der Waals surface area contributed by atoms with Crippen LogP contribution in [-0.2, 0) is 4.79 Å². The van der Waals surface area contributed by atoms with Crippen LogP contribution in [0.4, 0.5) is 5.69 Å². The molecule has 0 aliphatic heterocycles. The van der Waals surface area contributed by atoms with Crippen molar-refractivity contribution in [1.29, 1.82) is 5.26 Å². The molecule has 0 aromatic heterocycles. The average Bonchev–Trinajstić information content (AvgIpc) is 2.39. The number of ether oxygens (including phenoxy) is 1. The summed E-state index contributed by atoms with van der Waals surface area (Å²) < 4.78 is 5.43. The van der Waals surface area contributed by atoms with Gasteiger partial charge in [0.15, 0.2) is 0 Å². The number of nitrogens with one attached hydrogen (secondary N) is 1. The van der Waals surface area contributed by atoms with Crippen LogP contribution in [0.1, 0.15) is 13.3 Å². The van der Waals surface area contributed by atoms with Crippen LogP contribution in [0.15, 0.2) is 36.4 Å². The molecule has 0 saturated heterocycles. The van der Waals surface area contributed by atoms with Gasteiger partial charge in [-0.3, -0.25) is 4.79 Å². The molecule has 2 aromatic rings. The fourth-order valence-corrected chi connectivity index (χ4v) is 1.84. The van der Waals surface area contributed by atoms with E-state index < -0.39 is 0 Å². The molecular formula is C15H14N2O2. The van der Waals surface area contributed by atoms with Crippen molar-refractivity contribution >= 4 is 22.4 Å². The summed E-state index contributed by atoms with van der Waals surface area (Å²) in [7, 11) is 0.